The van der Waals surface area contributed by atoms with Gasteiger partial charge in [-0.05, 0) is 67.9 Å². The number of benzene rings is 3. The Morgan fingerprint density at radius 1 is 0.919 bits per heavy atom. The second-order valence-electron chi connectivity index (χ2n) is 9.08. The number of rotatable bonds is 8. The molecule has 1 saturated heterocycles. The lowest BCUT2D eigenvalue weighted by Crippen LogP contribution is -2.29. The molecule has 0 radical (unpaired) electrons. The summed E-state index contributed by atoms with van der Waals surface area (Å²) in [6, 6.07) is 21.3. The van der Waals surface area contributed by atoms with Crippen molar-refractivity contribution in [3.63, 3.8) is 0 Å². The van der Waals surface area contributed by atoms with Gasteiger partial charge < -0.3 is 19.6 Å². The van der Waals surface area contributed by atoms with E-state index in [4.69, 9.17) is 4.74 Å². The molecule has 1 heterocycles. The van der Waals surface area contributed by atoms with Crippen LogP contribution in [0, 0.1) is 0 Å². The smallest absolute Gasteiger partial charge is 0.300 e. The number of nitrogens with zero attached hydrogens (tertiary/aromatic N) is 3. The largest absolute Gasteiger partial charge is 0.507 e. The monoisotopic (exact) mass is 499 g/mol. The van der Waals surface area contributed by atoms with E-state index in [9.17, 15) is 14.7 Å². The zero-order chi connectivity index (χ0) is 26.7. The number of hydrogen-bond donors (Lipinski definition) is 1. The molecule has 0 aliphatic carbocycles. The van der Waals surface area contributed by atoms with Gasteiger partial charge in [-0.2, -0.15) is 0 Å². The minimum absolute atomic E-state index is 0.0451. The summed E-state index contributed by atoms with van der Waals surface area (Å²) in [6.07, 6.45) is 0. The van der Waals surface area contributed by atoms with Crippen LogP contribution < -0.4 is 19.4 Å². The van der Waals surface area contributed by atoms with Gasteiger partial charge in [0.1, 0.15) is 11.5 Å². The van der Waals surface area contributed by atoms with Crippen molar-refractivity contribution in [3.8, 4) is 5.75 Å². The van der Waals surface area contributed by atoms with Crippen LogP contribution in [-0.2, 0) is 9.59 Å². The Bertz CT molecular complexity index is 1310. The van der Waals surface area contributed by atoms with Gasteiger partial charge in [-0.3, -0.25) is 14.5 Å². The van der Waals surface area contributed by atoms with Crippen LogP contribution in [0.1, 0.15) is 31.0 Å². The molecule has 0 saturated carbocycles. The van der Waals surface area contributed by atoms with E-state index in [2.05, 4.69) is 18.7 Å². The van der Waals surface area contributed by atoms with Crippen LogP contribution in [0.5, 0.6) is 5.75 Å². The highest BCUT2D eigenvalue weighted by Gasteiger charge is 2.47. The number of Topliss-reactive ketones (excluding diaryl/α,β-unsaturated/α-hetero) is 1. The molecule has 37 heavy (non-hydrogen) atoms. The molecule has 3 aromatic carbocycles. The van der Waals surface area contributed by atoms with Crippen LogP contribution in [0.3, 0.4) is 0 Å². The number of aliphatic hydroxyl groups is 1. The van der Waals surface area contributed by atoms with E-state index >= 15 is 0 Å². The SMILES string of the molecule is CCN(CC)c1ccc(N2C(=O)C(=O)/C(=C(\O)c3cccc(OC)c3)C2c2ccc(N(C)C)cc2)cc1. The normalized spacial score (nSPS) is 16.7. The van der Waals surface area contributed by atoms with Gasteiger partial charge in [-0.15, -0.1) is 0 Å². The topological polar surface area (TPSA) is 73.3 Å². The van der Waals surface area contributed by atoms with Crippen molar-refractivity contribution in [2.75, 3.05) is 49.0 Å². The van der Waals surface area contributed by atoms with E-state index in [0.717, 1.165) is 30.0 Å². The Morgan fingerprint density at radius 3 is 2.11 bits per heavy atom. The van der Waals surface area contributed by atoms with Crippen molar-refractivity contribution >= 4 is 34.5 Å². The Hall–Kier alpha value is -4.26. The van der Waals surface area contributed by atoms with E-state index in [0.29, 0.717) is 17.0 Å². The van der Waals surface area contributed by atoms with E-state index in [1.165, 1.54) is 12.0 Å². The first-order valence-corrected chi connectivity index (χ1v) is 12.4. The van der Waals surface area contributed by atoms with E-state index in [1.807, 2.05) is 67.5 Å². The Kier molecular flexibility index (Phi) is 7.53. The molecule has 1 N–H and O–H groups in total. The third kappa shape index (κ3) is 4.89. The van der Waals surface area contributed by atoms with E-state index < -0.39 is 17.7 Å². The molecule has 0 bridgehead atoms. The Morgan fingerprint density at radius 2 is 1.54 bits per heavy atom. The highest BCUT2D eigenvalue weighted by molar-refractivity contribution is 6.51. The fourth-order valence-electron chi connectivity index (χ4n) is 4.71. The average Bonchev–Trinajstić information content (AvgIpc) is 3.19. The van der Waals surface area contributed by atoms with Crippen molar-refractivity contribution in [1.29, 1.82) is 0 Å². The molecule has 1 aliphatic heterocycles. The Labute approximate surface area is 218 Å². The molecule has 192 valence electrons. The van der Waals surface area contributed by atoms with Gasteiger partial charge in [0, 0.05) is 49.8 Å². The third-order valence-electron chi connectivity index (χ3n) is 6.77. The Balaban J connectivity index is 1.87. The lowest BCUT2D eigenvalue weighted by molar-refractivity contribution is -0.132. The zero-order valence-corrected chi connectivity index (χ0v) is 21.9. The number of carbonyl (C=O) groups excluding carboxylic acids is 2. The second kappa shape index (κ2) is 10.8. The van der Waals surface area contributed by atoms with Crippen LogP contribution in [0.25, 0.3) is 5.76 Å². The maximum Gasteiger partial charge on any atom is 0.300 e. The van der Waals surface area contributed by atoms with Crippen LogP contribution in [0.4, 0.5) is 17.1 Å². The van der Waals surface area contributed by atoms with Gasteiger partial charge >= 0.3 is 0 Å². The van der Waals surface area contributed by atoms with Gasteiger partial charge in [0.05, 0.1) is 18.7 Å². The molecule has 1 fully saturated rings. The predicted molar refractivity (Wildman–Crippen MR) is 149 cm³/mol. The van der Waals surface area contributed by atoms with Gasteiger partial charge in [-0.1, -0.05) is 24.3 Å². The fraction of sp³-hybridized carbons (Fsp3) is 0.267. The minimum Gasteiger partial charge on any atom is -0.507 e. The average molecular weight is 500 g/mol. The molecule has 1 unspecified atom stereocenters. The summed E-state index contributed by atoms with van der Waals surface area (Å²) < 4.78 is 5.30. The predicted octanol–water partition coefficient (Wildman–Crippen LogP) is 5.23. The summed E-state index contributed by atoms with van der Waals surface area (Å²) in [7, 11) is 5.43. The maximum atomic E-state index is 13.5. The standard InChI is InChI=1S/C30H33N3O4/c1-6-32(7-2)23-15-17-24(18-16-23)33-27(20-11-13-22(14-12-20)31(3)4)26(29(35)30(33)36)28(34)21-9-8-10-25(19-21)37-5/h8-19,27,34H,6-7H2,1-5H3/b28-26-. The molecule has 0 spiro atoms. The quantitative estimate of drug-likeness (QED) is 0.260. The van der Waals surface area contributed by atoms with Gasteiger partial charge in [0.15, 0.2) is 0 Å². The highest BCUT2D eigenvalue weighted by atomic mass is 16.5. The zero-order valence-electron chi connectivity index (χ0n) is 21.9. The number of hydrogen-bond acceptors (Lipinski definition) is 6. The fourth-order valence-corrected chi connectivity index (χ4v) is 4.71. The third-order valence-corrected chi connectivity index (χ3v) is 6.77. The number of methoxy groups -OCH3 is 1. The summed E-state index contributed by atoms with van der Waals surface area (Å²) >= 11 is 0. The van der Waals surface area contributed by atoms with Crippen molar-refractivity contribution < 1.29 is 19.4 Å². The lowest BCUT2D eigenvalue weighted by atomic mass is 9.94. The molecule has 7 nitrogen and oxygen atoms in total. The van der Waals surface area contributed by atoms with Gasteiger partial charge in [0.2, 0.25) is 0 Å². The molecule has 1 aliphatic rings. The van der Waals surface area contributed by atoms with E-state index in [-0.39, 0.29) is 11.3 Å². The first kappa shape index (κ1) is 25.8. The molecule has 0 aromatic heterocycles. The van der Waals surface area contributed by atoms with Crippen LogP contribution in [0.15, 0.2) is 78.4 Å². The van der Waals surface area contributed by atoms with Crippen LogP contribution in [-0.4, -0.2) is 51.1 Å². The first-order valence-electron chi connectivity index (χ1n) is 12.4. The van der Waals surface area contributed by atoms with Crippen molar-refractivity contribution in [2.45, 2.75) is 19.9 Å². The maximum absolute atomic E-state index is 13.5. The molecular weight excluding hydrogens is 466 g/mol. The lowest BCUT2D eigenvalue weighted by Gasteiger charge is -2.27. The summed E-state index contributed by atoms with van der Waals surface area (Å²) in [6.45, 7) is 5.90. The summed E-state index contributed by atoms with van der Waals surface area (Å²) in [5, 5.41) is 11.4. The number of amides is 1. The molecule has 3 aromatic rings. The summed E-state index contributed by atoms with van der Waals surface area (Å²) in [5.41, 5.74) is 3.78. The molecule has 1 atom stereocenters. The van der Waals surface area contributed by atoms with Gasteiger partial charge in [-0.25, -0.2) is 0 Å². The molecular formula is C30H33N3O4. The molecule has 1 amide bonds. The van der Waals surface area contributed by atoms with Crippen molar-refractivity contribution in [2.24, 2.45) is 0 Å². The first-order chi connectivity index (χ1) is 17.8. The van der Waals surface area contributed by atoms with E-state index in [1.54, 1.807) is 24.3 Å². The second-order valence-corrected chi connectivity index (χ2v) is 9.08. The van der Waals surface area contributed by atoms with Crippen molar-refractivity contribution in [1.82, 2.24) is 0 Å². The summed E-state index contributed by atoms with van der Waals surface area (Å²) in [4.78, 5) is 32.5. The van der Waals surface area contributed by atoms with Crippen LogP contribution in [0.2, 0.25) is 0 Å². The van der Waals surface area contributed by atoms with Crippen LogP contribution >= 0.6 is 0 Å². The number of ether oxygens (including phenoxy) is 1. The number of aliphatic hydroxyl groups excluding tert-OH is 1. The molecule has 4 rings (SSSR count). The van der Waals surface area contributed by atoms with Crippen molar-refractivity contribution in [3.05, 3.63) is 89.5 Å². The number of anilines is 3. The highest BCUT2D eigenvalue weighted by Crippen LogP contribution is 2.43. The van der Waals surface area contributed by atoms with Gasteiger partial charge in [0.25, 0.3) is 11.7 Å². The minimum atomic E-state index is -0.790. The number of ketones is 1. The number of carbonyl (C=O) groups is 2. The molecule has 7 heteroatoms. The summed E-state index contributed by atoms with van der Waals surface area (Å²) in [5.74, 6) is -1.10.